The van der Waals surface area contributed by atoms with E-state index in [1.807, 2.05) is 86.6 Å². The van der Waals surface area contributed by atoms with Gasteiger partial charge in [0, 0.05) is 39.7 Å². The first-order chi connectivity index (χ1) is 27.7. The van der Waals surface area contributed by atoms with Gasteiger partial charge in [-0.1, -0.05) is 110 Å². The van der Waals surface area contributed by atoms with Crippen LogP contribution in [0.2, 0.25) is 10.3 Å². The fourth-order valence-corrected chi connectivity index (χ4v) is 9.36. The lowest BCUT2D eigenvalue weighted by atomic mass is 9.72. The average Bonchev–Trinajstić information content (AvgIpc) is 4.01. The number of oxazole rings is 2. The lowest BCUT2D eigenvalue weighted by molar-refractivity contribution is -0.124. The highest BCUT2D eigenvalue weighted by Crippen LogP contribution is 2.62. The van der Waals surface area contributed by atoms with E-state index in [1.165, 1.54) is 0 Å². The van der Waals surface area contributed by atoms with E-state index in [1.54, 1.807) is 0 Å². The predicted octanol–water partition coefficient (Wildman–Crippen LogP) is 8.91. The maximum Gasteiger partial charge on any atom is 0.408 e. The number of benzene rings is 4. The Balaban J connectivity index is 1.15. The van der Waals surface area contributed by atoms with Crippen LogP contribution in [0.25, 0.3) is 44.9 Å². The highest BCUT2D eigenvalue weighted by molar-refractivity contribution is 6.37. The van der Waals surface area contributed by atoms with Crippen molar-refractivity contribution in [2.24, 2.45) is 5.92 Å². The first-order valence-corrected chi connectivity index (χ1v) is 19.4. The van der Waals surface area contributed by atoms with Crippen LogP contribution in [0, 0.1) is 5.92 Å². The molecule has 1 spiro atoms. The summed E-state index contributed by atoms with van der Waals surface area (Å²) in [4.78, 5) is 40.7. The zero-order valence-electron chi connectivity index (χ0n) is 30.4. The number of ether oxygens (including phenoxy) is 2. The maximum absolute atomic E-state index is 14.3. The highest BCUT2D eigenvalue weighted by Gasteiger charge is 2.61. The standard InChI is InChI=1S/C43H32Cl2N6O6/c1-19(2)31-39-49-33-35(57-39)43-24-12-6-11-23(22-10-7-13-26-29(22)30(36(44)46-26)34-37(45)51-40(33)56-34)32(24)50-41(43)55-28-15-14-21(16-25(28)43)17-27(38(52)48-31)47-42(53)54-18-20-8-4-3-5-9-20/h3-16,19,27,31,41,46,50H,17-18H2,1-2H3,(H,47,53)(H,48,52)/t27-,31-,41-,43-/m0/s1. The molecule has 10 bridgehead atoms. The molecule has 4 aliphatic rings. The van der Waals surface area contributed by atoms with E-state index in [9.17, 15) is 9.59 Å². The maximum atomic E-state index is 14.3. The lowest BCUT2D eigenvalue weighted by Gasteiger charge is -2.28. The van der Waals surface area contributed by atoms with Crippen molar-refractivity contribution in [1.82, 2.24) is 25.6 Å². The van der Waals surface area contributed by atoms with Crippen molar-refractivity contribution < 1.29 is 27.9 Å². The summed E-state index contributed by atoms with van der Waals surface area (Å²) < 4.78 is 26.0. The SMILES string of the molecule is CC(C)[C@@H]1NC(=O)[C@@H](NC(=O)OCc2ccccc2)Cc2ccc3c(c2)[C@]24c5cccc(c5N[C@H]2O3)-c2cccc3[nH]c(Cl)c(c23)-c2oc(nc2Cl)-c2nc1oc24. The molecule has 4 aromatic carbocycles. The van der Waals surface area contributed by atoms with E-state index < -0.39 is 35.7 Å². The van der Waals surface area contributed by atoms with Crippen molar-refractivity contribution in [2.75, 3.05) is 5.32 Å². The van der Waals surface area contributed by atoms with Crippen LogP contribution in [0.4, 0.5) is 10.5 Å². The molecule has 0 radical (unpaired) electrons. The van der Waals surface area contributed by atoms with Gasteiger partial charge in [-0.25, -0.2) is 9.78 Å². The number of aromatic amines is 1. The van der Waals surface area contributed by atoms with Crippen molar-refractivity contribution in [1.29, 1.82) is 0 Å². The van der Waals surface area contributed by atoms with Crippen LogP contribution in [0.3, 0.4) is 0 Å². The number of carbonyl (C=O) groups excluding carboxylic acids is 2. The molecule has 57 heavy (non-hydrogen) atoms. The number of aromatic nitrogens is 3. The fourth-order valence-electron chi connectivity index (χ4n) is 8.86. The summed E-state index contributed by atoms with van der Waals surface area (Å²) in [6.07, 6.45) is -1.27. The second-order valence-corrected chi connectivity index (χ2v) is 15.8. The zero-order valence-corrected chi connectivity index (χ0v) is 31.9. The van der Waals surface area contributed by atoms with Crippen molar-refractivity contribution >= 4 is 51.8 Å². The van der Waals surface area contributed by atoms with Gasteiger partial charge in [0.15, 0.2) is 28.6 Å². The Morgan fingerprint density at radius 1 is 0.965 bits per heavy atom. The largest absolute Gasteiger partial charge is 0.469 e. The smallest absolute Gasteiger partial charge is 0.408 e. The molecule has 7 heterocycles. The monoisotopic (exact) mass is 798 g/mol. The first-order valence-electron chi connectivity index (χ1n) is 18.7. The molecular weight excluding hydrogens is 767 g/mol. The molecule has 4 N–H and O–H groups in total. The minimum Gasteiger partial charge on any atom is -0.469 e. The zero-order chi connectivity index (χ0) is 38.7. The molecule has 0 unspecified atom stereocenters. The quantitative estimate of drug-likeness (QED) is 0.137. The van der Waals surface area contributed by atoms with Crippen molar-refractivity contribution in [3.8, 4) is 39.8 Å². The number of amides is 2. The summed E-state index contributed by atoms with van der Waals surface area (Å²) in [5.41, 5.74) is 6.39. The predicted molar refractivity (Wildman–Crippen MR) is 212 cm³/mol. The Morgan fingerprint density at radius 2 is 1.79 bits per heavy atom. The molecule has 7 aromatic rings. The summed E-state index contributed by atoms with van der Waals surface area (Å²) in [5.74, 6) is 0.964. The number of fused-ring (bicyclic) bond motifs is 7. The molecule has 284 valence electrons. The molecule has 0 aliphatic carbocycles. The van der Waals surface area contributed by atoms with Crippen LogP contribution < -0.4 is 20.7 Å². The second-order valence-electron chi connectivity index (χ2n) is 15.1. The summed E-state index contributed by atoms with van der Waals surface area (Å²) in [7, 11) is 0. The number of hydrogen-bond acceptors (Lipinski definition) is 9. The average molecular weight is 800 g/mol. The van der Waals surface area contributed by atoms with Crippen molar-refractivity contribution in [2.45, 2.75) is 50.6 Å². The van der Waals surface area contributed by atoms with E-state index in [2.05, 4.69) is 33.1 Å². The normalized spacial score (nSPS) is 20.9. The third-order valence-electron chi connectivity index (χ3n) is 11.4. The summed E-state index contributed by atoms with van der Waals surface area (Å²) in [5, 5.41) is 11.0. The van der Waals surface area contributed by atoms with E-state index >= 15 is 0 Å². The number of alkyl carbamates (subject to hydrolysis) is 1. The molecule has 0 fully saturated rings. The summed E-state index contributed by atoms with van der Waals surface area (Å²) >= 11 is 13.9. The van der Waals surface area contributed by atoms with Crippen LogP contribution in [-0.2, 0) is 28.0 Å². The number of H-pyrrole nitrogens is 1. The Bertz CT molecular complexity index is 2830. The molecule has 2 amide bonds. The molecule has 11 rings (SSSR count). The summed E-state index contributed by atoms with van der Waals surface area (Å²) in [6.45, 7) is 3.95. The Morgan fingerprint density at radius 3 is 2.63 bits per heavy atom. The van der Waals surface area contributed by atoms with Crippen LogP contribution in [0.1, 0.15) is 53.8 Å². The Labute approximate surface area is 334 Å². The molecule has 4 aliphatic heterocycles. The number of anilines is 1. The molecular formula is C43H32Cl2N6O6. The van der Waals surface area contributed by atoms with E-state index in [0.717, 1.165) is 50.0 Å². The minimum atomic E-state index is -1.13. The highest BCUT2D eigenvalue weighted by atomic mass is 35.5. The van der Waals surface area contributed by atoms with Gasteiger partial charge >= 0.3 is 6.09 Å². The van der Waals surface area contributed by atoms with Gasteiger partial charge in [-0.15, -0.1) is 0 Å². The fraction of sp³-hybridized carbons (Fsp3) is 0.209. The van der Waals surface area contributed by atoms with Gasteiger partial charge < -0.3 is 39.2 Å². The van der Waals surface area contributed by atoms with Crippen molar-refractivity contribution in [3.05, 3.63) is 129 Å². The van der Waals surface area contributed by atoms with Crippen molar-refractivity contribution in [3.63, 3.8) is 0 Å². The molecule has 4 atom stereocenters. The molecule has 3 aromatic heterocycles. The molecule has 14 heteroatoms. The van der Waals surface area contributed by atoms with Gasteiger partial charge in [-0.05, 0) is 34.7 Å². The Kier molecular flexibility index (Phi) is 7.39. The molecule has 0 saturated carbocycles. The minimum absolute atomic E-state index is 0.0460. The van der Waals surface area contributed by atoms with Gasteiger partial charge in [-0.2, -0.15) is 4.98 Å². The van der Waals surface area contributed by atoms with E-state index in [-0.39, 0.29) is 41.6 Å². The van der Waals surface area contributed by atoms with Gasteiger partial charge in [0.2, 0.25) is 11.8 Å². The van der Waals surface area contributed by atoms with Crippen LogP contribution in [0.5, 0.6) is 5.75 Å². The third kappa shape index (κ3) is 4.93. The van der Waals surface area contributed by atoms with Gasteiger partial charge in [0.1, 0.15) is 35.0 Å². The lowest BCUT2D eigenvalue weighted by Crippen LogP contribution is -2.49. The van der Waals surface area contributed by atoms with Gasteiger partial charge in [0.25, 0.3) is 5.89 Å². The molecule has 12 nitrogen and oxygen atoms in total. The number of halogens is 2. The molecule has 0 saturated heterocycles. The first kappa shape index (κ1) is 34.0. The third-order valence-corrected chi connectivity index (χ3v) is 12.0. The number of nitrogens with zero attached hydrogens (tertiary/aromatic N) is 2. The number of nitrogens with one attached hydrogen (secondary N) is 4. The van der Waals surface area contributed by atoms with E-state index in [0.29, 0.717) is 27.9 Å². The summed E-state index contributed by atoms with van der Waals surface area (Å²) in [6, 6.07) is 25.5. The number of rotatable bonds is 4. The Hall–Kier alpha value is -6.24. The topological polar surface area (TPSA) is 157 Å². The van der Waals surface area contributed by atoms with Gasteiger partial charge in [-0.3, -0.25) is 4.79 Å². The number of carbonyl (C=O) groups is 2. The number of hydrogen-bond donors (Lipinski definition) is 4. The van der Waals surface area contributed by atoms with Crippen LogP contribution in [-0.4, -0.2) is 39.2 Å². The van der Waals surface area contributed by atoms with E-state index in [4.69, 9.17) is 51.5 Å². The second kappa shape index (κ2) is 12.4. The number of para-hydroxylation sites is 1. The van der Waals surface area contributed by atoms with Gasteiger partial charge in [0.05, 0.1) is 5.56 Å². The van der Waals surface area contributed by atoms with Crippen LogP contribution >= 0.6 is 23.2 Å². The van der Waals surface area contributed by atoms with Crippen LogP contribution in [0.15, 0.2) is 93.8 Å².